The average Bonchev–Trinajstić information content (AvgIpc) is 2.74. The van der Waals surface area contributed by atoms with Gasteiger partial charge in [0.2, 0.25) is 11.8 Å². The minimum absolute atomic E-state index is 0.0899. The summed E-state index contributed by atoms with van der Waals surface area (Å²) in [6, 6.07) is 10.3. The minimum atomic E-state index is -3.33. The fourth-order valence-corrected chi connectivity index (χ4v) is 3.26. The van der Waals surface area contributed by atoms with Crippen LogP contribution < -0.4 is 14.8 Å². The van der Waals surface area contributed by atoms with Gasteiger partial charge in [0, 0.05) is 31.7 Å². The summed E-state index contributed by atoms with van der Waals surface area (Å²) in [6.07, 6.45) is 3.62. The van der Waals surface area contributed by atoms with E-state index in [0.717, 1.165) is 6.26 Å². The van der Waals surface area contributed by atoms with Crippen molar-refractivity contribution in [3.05, 3.63) is 60.6 Å². The Hall–Kier alpha value is -3.57. The number of methoxy groups -OCH3 is 1. The van der Waals surface area contributed by atoms with Gasteiger partial charge in [-0.15, -0.1) is 0 Å². The summed E-state index contributed by atoms with van der Waals surface area (Å²) >= 11 is 0. The van der Waals surface area contributed by atoms with Gasteiger partial charge in [0.05, 0.1) is 17.1 Å². The van der Waals surface area contributed by atoms with E-state index in [1.54, 1.807) is 20.1 Å². The third kappa shape index (κ3) is 6.46. The Morgan fingerprint density at radius 1 is 1.12 bits per heavy atom. The van der Waals surface area contributed by atoms with Gasteiger partial charge < -0.3 is 19.5 Å². The molecule has 0 spiro atoms. The zero-order chi connectivity index (χ0) is 23.1. The van der Waals surface area contributed by atoms with Crippen LogP contribution in [0.25, 0.3) is 0 Å². The molecule has 2 heterocycles. The molecule has 168 valence electrons. The van der Waals surface area contributed by atoms with Crippen molar-refractivity contribution in [1.82, 2.24) is 15.0 Å². The first-order chi connectivity index (χ1) is 15.2. The van der Waals surface area contributed by atoms with E-state index in [0.29, 0.717) is 18.2 Å². The summed E-state index contributed by atoms with van der Waals surface area (Å²) in [5.74, 6) is 0.470. The topological polar surface area (TPSA) is 130 Å². The molecule has 0 aliphatic carbocycles. The Morgan fingerprint density at radius 3 is 2.47 bits per heavy atom. The first-order valence-corrected chi connectivity index (χ1v) is 11.4. The number of aromatic nitrogens is 3. The Bertz CT molecular complexity index is 1170. The summed E-state index contributed by atoms with van der Waals surface area (Å²) in [6.45, 7) is 2.12. The lowest BCUT2D eigenvalue weighted by molar-refractivity contribution is 0.0882. The minimum Gasteiger partial charge on any atom is -0.472 e. The highest BCUT2D eigenvalue weighted by Gasteiger charge is 2.15. The number of amides is 1. The molecule has 0 saturated carbocycles. The van der Waals surface area contributed by atoms with Crippen LogP contribution in [0.2, 0.25) is 0 Å². The van der Waals surface area contributed by atoms with E-state index in [4.69, 9.17) is 14.2 Å². The SMILES string of the molecule is COCC(C)Oc1cc(C(=O)Nc2ccncn2)cc(Oc2ccc(S(C)(=O)=O)cc2)n1. The number of hydrogen-bond acceptors (Lipinski definition) is 9. The maximum atomic E-state index is 12.7. The summed E-state index contributed by atoms with van der Waals surface area (Å²) in [5, 5.41) is 2.66. The molecule has 3 aromatic rings. The van der Waals surface area contributed by atoms with Gasteiger partial charge >= 0.3 is 0 Å². The van der Waals surface area contributed by atoms with Crippen molar-refractivity contribution in [1.29, 1.82) is 0 Å². The van der Waals surface area contributed by atoms with E-state index >= 15 is 0 Å². The van der Waals surface area contributed by atoms with E-state index in [2.05, 4.69) is 20.3 Å². The van der Waals surface area contributed by atoms with E-state index in [1.165, 1.54) is 48.9 Å². The van der Waals surface area contributed by atoms with Crippen LogP contribution in [0.5, 0.6) is 17.5 Å². The molecule has 1 aromatic carbocycles. The van der Waals surface area contributed by atoms with Gasteiger partial charge in [-0.05, 0) is 37.3 Å². The monoisotopic (exact) mass is 458 g/mol. The first-order valence-electron chi connectivity index (χ1n) is 9.47. The van der Waals surface area contributed by atoms with Crippen molar-refractivity contribution >= 4 is 21.6 Å². The lowest BCUT2D eigenvalue weighted by Gasteiger charge is -2.15. The van der Waals surface area contributed by atoms with Crippen molar-refractivity contribution < 1.29 is 27.4 Å². The average molecular weight is 458 g/mol. The zero-order valence-electron chi connectivity index (χ0n) is 17.7. The fraction of sp³-hybridized carbons (Fsp3) is 0.238. The largest absolute Gasteiger partial charge is 0.472 e. The highest BCUT2D eigenvalue weighted by Crippen LogP contribution is 2.26. The van der Waals surface area contributed by atoms with Crippen molar-refractivity contribution in [2.75, 3.05) is 25.3 Å². The number of sulfone groups is 1. The Morgan fingerprint density at radius 2 is 1.84 bits per heavy atom. The number of ether oxygens (including phenoxy) is 3. The van der Waals surface area contributed by atoms with Crippen molar-refractivity contribution in [2.24, 2.45) is 0 Å². The Labute approximate surface area is 185 Å². The molecule has 32 heavy (non-hydrogen) atoms. The molecule has 0 bridgehead atoms. The molecule has 0 aliphatic heterocycles. The number of hydrogen-bond donors (Lipinski definition) is 1. The van der Waals surface area contributed by atoms with Gasteiger partial charge in [-0.2, -0.15) is 4.98 Å². The molecule has 10 nitrogen and oxygen atoms in total. The van der Waals surface area contributed by atoms with E-state index in [1.807, 2.05) is 0 Å². The summed E-state index contributed by atoms with van der Waals surface area (Å²) < 4.78 is 39.8. The highest BCUT2D eigenvalue weighted by molar-refractivity contribution is 7.90. The second-order valence-corrected chi connectivity index (χ2v) is 8.83. The third-order valence-electron chi connectivity index (χ3n) is 4.06. The Kier molecular flexibility index (Phi) is 7.33. The van der Waals surface area contributed by atoms with Crippen LogP contribution in [-0.2, 0) is 14.6 Å². The number of pyridine rings is 1. The molecule has 1 N–H and O–H groups in total. The molecule has 11 heteroatoms. The molecule has 0 radical (unpaired) electrons. The molecule has 3 rings (SSSR count). The van der Waals surface area contributed by atoms with Crippen LogP contribution in [0, 0.1) is 0 Å². The summed E-state index contributed by atoms with van der Waals surface area (Å²) in [4.78, 5) is 25.0. The van der Waals surface area contributed by atoms with E-state index in [9.17, 15) is 13.2 Å². The lowest BCUT2D eigenvalue weighted by atomic mass is 10.2. The number of benzene rings is 1. The van der Waals surface area contributed by atoms with Gasteiger partial charge in [0.25, 0.3) is 5.91 Å². The fourth-order valence-electron chi connectivity index (χ4n) is 2.63. The standard InChI is InChI=1S/C21H22N4O6S/c1-14(12-29-2)30-19-10-15(21(26)24-18-8-9-22-13-23-18)11-20(25-19)31-16-4-6-17(7-5-16)32(3,27)28/h4-11,13-14H,12H2,1-3H3,(H,22,23,24,26). The van der Waals surface area contributed by atoms with Gasteiger partial charge in [-0.1, -0.05) is 0 Å². The molecule has 1 amide bonds. The van der Waals surface area contributed by atoms with Crippen LogP contribution >= 0.6 is 0 Å². The van der Waals surface area contributed by atoms with Crippen LogP contribution in [0.1, 0.15) is 17.3 Å². The second kappa shape index (κ2) is 10.2. The zero-order valence-corrected chi connectivity index (χ0v) is 18.5. The van der Waals surface area contributed by atoms with Gasteiger partial charge in [-0.3, -0.25) is 4.79 Å². The van der Waals surface area contributed by atoms with Crippen LogP contribution in [0.3, 0.4) is 0 Å². The highest BCUT2D eigenvalue weighted by atomic mass is 32.2. The summed E-state index contributed by atoms with van der Waals surface area (Å²) in [7, 11) is -1.78. The molecule has 0 saturated heterocycles. The van der Waals surface area contributed by atoms with E-state index in [-0.39, 0.29) is 28.3 Å². The van der Waals surface area contributed by atoms with Crippen LogP contribution in [0.15, 0.2) is 59.9 Å². The Balaban J connectivity index is 1.88. The predicted molar refractivity (Wildman–Crippen MR) is 116 cm³/mol. The van der Waals surface area contributed by atoms with E-state index < -0.39 is 15.7 Å². The first kappa shape index (κ1) is 23.1. The second-order valence-electron chi connectivity index (χ2n) is 6.81. The molecule has 1 atom stereocenters. The van der Waals surface area contributed by atoms with Crippen LogP contribution in [-0.4, -0.2) is 55.4 Å². The number of carbonyl (C=O) groups is 1. The molecular weight excluding hydrogens is 436 g/mol. The third-order valence-corrected chi connectivity index (χ3v) is 5.19. The number of rotatable bonds is 9. The predicted octanol–water partition coefficient (Wildman–Crippen LogP) is 2.73. The maximum absolute atomic E-state index is 12.7. The quantitative estimate of drug-likeness (QED) is 0.514. The number of anilines is 1. The lowest BCUT2D eigenvalue weighted by Crippen LogP contribution is -2.19. The molecule has 0 fully saturated rings. The van der Waals surface area contributed by atoms with Gasteiger partial charge in [-0.25, -0.2) is 18.4 Å². The molecule has 2 aromatic heterocycles. The van der Waals surface area contributed by atoms with Crippen LogP contribution in [0.4, 0.5) is 5.82 Å². The molecular formula is C21H22N4O6S. The molecule has 0 aliphatic rings. The van der Waals surface area contributed by atoms with Crippen molar-refractivity contribution in [3.63, 3.8) is 0 Å². The normalized spacial score (nSPS) is 12.1. The van der Waals surface area contributed by atoms with Crippen molar-refractivity contribution in [2.45, 2.75) is 17.9 Å². The number of nitrogens with one attached hydrogen (secondary N) is 1. The number of nitrogens with zero attached hydrogens (tertiary/aromatic N) is 3. The number of carbonyl (C=O) groups excluding carboxylic acids is 1. The summed E-state index contributed by atoms with van der Waals surface area (Å²) in [5.41, 5.74) is 0.223. The van der Waals surface area contributed by atoms with Gasteiger partial charge in [0.1, 0.15) is 24.0 Å². The smallest absolute Gasteiger partial charge is 0.257 e. The molecule has 1 unspecified atom stereocenters. The maximum Gasteiger partial charge on any atom is 0.257 e. The van der Waals surface area contributed by atoms with Crippen molar-refractivity contribution in [3.8, 4) is 17.5 Å². The van der Waals surface area contributed by atoms with Gasteiger partial charge in [0.15, 0.2) is 9.84 Å².